The second-order valence-corrected chi connectivity index (χ2v) is 5.01. The van der Waals surface area contributed by atoms with Gasteiger partial charge in [-0.25, -0.2) is 4.98 Å². The number of rotatable bonds is 3. The molecule has 1 aromatic carbocycles. The first kappa shape index (κ1) is 13.4. The van der Waals surface area contributed by atoms with E-state index in [-0.39, 0.29) is 5.91 Å². The van der Waals surface area contributed by atoms with Crippen LogP contribution in [0.2, 0.25) is 0 Å². The molecule has 1 N–H and O–H groups in total. The average molecular weight is 279 g/mol. The molecule has 21 heavy (non-hydrogen) atoms. The Kier molecular flexibility index (Phi) is 3.44. The van der Waals surface area contributed by atoms with Gasteiger partial charge < -0.3 is 9.88 Å². The third-order valence-corrected chi connectivity index (χ3v) is 3.51. The molecular formula is C17H17N3O. The Morgan fingerprint density at radius 2 is 2.05 bits per heavy atom. The van der Waals surface area contributed by atoms with Crippen molar-refractivity contribution in [2.45, 2.75) is 20.4 Å². The van der Waals surface area contributed by atoms with Crippen LogP contribution in [0.3, 0.4) is 0 Å². The van der Waals surface area contributed by atoms with E-state index in [1.54, 1.807) is 6.20 Å². The van der Waals surface area contributed by atoms with Gasteiger partial charge in [-0.15, -0.1) is 0 Å². The molecule has 4 heteroatoms. The summed E-state index contributed by atoms with van der Waals surface area (Å²) in [6, 6.07) is 13.7. The molecule has 2 aromatic heterocycles. The summed E-state index contributed by atoms with van der Waals surface area (Å²) in [5.41, 5.74) is 2.79. The lowest BCUT2D eigenvalue weighted by Crippen LogP contribution is -2.17. The number of benzene rings is 1. The predicted octanol–water partition coefficient (Wildman–Crippen LogP) is 3.62. The van der Waals surface area contributed by atoms with Crippen molar-refractivity contribution >= 4 is 22.6 Å². The lowest BCUT2D eigenvalue weighted by molar-refractivity contribution is 0.101. The van der Waals surface area contributed by atoms with Gasteiger partial charge in [0.1, 0.15) is 11.5 Å². The van der Waals surface area contributed by atoms with Crippen molar-refractivity contribution in [3.05, 3.63) is 59.9 Å². The molecule has 1 amide bonds. The number of fused-ring (bicyclic) bond motifs is 1. The van der Waals surface area contributed by atoms with Gasteiger partial charge in [0.2, 0.25) is 0 Å². The van der Waals surface area contributed by atoms with Crippen molar-refractivity contribution in [2.24, 2.45) is 0 Å². The van der Waals surface area contributed by atoms with Crippen molar-refractivity contribution in [3.8, 4) is 0 Å². The van der Waals surface area contributed by atoms with Crippen LogP contribution >= 0.6 is 0 Å². The highest BCUT2D eigenvalue weighted by molar-refractivity contribution is 6.06. The number of nitrogens with one attached hydrogen (secondary N) is 1. The molecule has 0 atom stereocenters. The Balaban J connectivity index is 1.95. The number of hydrogen-bond donors (Lipinski definition) is 1. The molecule has 0 spiro atoms. The molecule has 3 aromatic rings. The van der Waals surface area contributed by atoms with Crippen LogP contribution in [-0.4, -0.2) is 15.5 Å². The highest BCUT2D eigenvalue weighted by Gasteiger charge is 2.14. The number of aromatic nitrogens is 2. The van der Waals surface area contributed by atoms with Crippen molar-refractivity contribution in [1.82, 2.24) is 9.55 Å². The van der Waals surface area contributed by atoms with Gasteiger partial charge in [-0.3, -0.25) is 4.79 Å². The Labute approximate surface area is 123 Å². The van der Waals surface area contributed by atoms with Gasteiger partial charge in [0, 0.05) is 23.6 Å². The average Bonchev–Trinajstić information content (AvgIpc) is 2.88. The van der Waals surface area contributed by atoms with Crippen LogP contribution in [0.15, 0.2) is 48.7 Å². The van der Waals surface area contributed by atoms with Crippen LogP contribution in [0.1, 0.15) is 23.0 Å². The molecule has 0 saturated carbocycles. The number of pyridine rings is 1. The van der Waals surface area contributed by atoms with E-state index < -0.39 is 0 Å². The number of aryl methyl sites for hydroxylation is 2. The Morgan fingerprint density at radius 1 is 1.24 bits per heavy atom. The molecule has 0 aliphatic rings. The van der Waals surface area contributed by atoms with Gasteiger partial charge in [-0.1, -0.05) is 24.3 Å². The smallest absolute Gasteiger partial charge is 0.273 e. The maximum absolute atomic E-state index is 12.5. The first-order chi connectivity index (χ1) is 10.2. The first-order valence-corrected chi connectivity index (χ1v) is 7.01. The monoisotopic (exact) mass is 279 g/mol. The van der Waals surface area contributed by atoms with Gasteiger partial charge in [0.05, 0.1) is 0 Å². The number of para-hydroxylation sites is 1. The number of anilines is 1. The summed E-state index contributed by atoms with van der Waals surface area (Å²) in [4.78, 5) is 16.7. The zero-order valence-electron chi connectivity index (χ0n) is 12.1. The molecule has 0 unspecified atom stereocenters. The van der Waals surface area contributed by atoms with E-state index in [2.05, 4.69) is 10.3 Å². The summed E-state index contributed by atoms with van der Waals surface area (Å²) in [5, 5.41) is 3.92. The molecule has 0 radical (unpaired) electrons. The summed E-state index contributed by atoms with van der Waals surface area (Å²) in [5.74, 6) is 0.433. The van der Waals surface area contributed by atoms with E-state index >= 15 is 0 Å². The maximum Gasteiger partial charge on any atom is 0.273 e. The van der Waals surface area contributed by atoms with E-state index in [9.17, 15) is 4.79 Å². The summed E-state index contributed by atoms with van der Waals surface area (Å²) in [6.45, 7) is 4.75. The summed E-state index contributed by atoms with van der Waals surface area (Å²) < 4.78 is 2.01. The first-order valence-electron chi connectivity index (χ1n) is 7.01. The van der Waals surface area contributed by atoms with Crippen LogP contribution in [0, 0.1) is 6.92 Å². The molecule has 0 fully saturated rings. The van der Waals surface area contributed by atoms with Crippen LogP contribution in [0.5, 0.6) is 0 Å². The van der Waals surface area contributed by atoms with E-state index in [4.69, 9.17) is 0 Å². The van der Waals surface area contributed by atoms with Crippen molar-refractivity contribution in [3.63, 3.8) is 0 Å². The zero-order valence-corrected chi connectivity index (χ0v) is 12.1. The van der Waals surface area contributed by atoms with E-state index in [0.717, 1.165) is 23.0 Å². The molecular weight excluding hydrogens is 262 g/mol. The van der Waals surface area contributed by atoms with E-state index in [1.165, 1.54) is 0 Å². The molecule has 0 aliphatic carbocycles. The molecule has 0 aliphatic heterocycles. The summed E-state index contributed by atoms with van der Waals surface area (Å²) >= 11 is 0. The highest BCUT2D eigenvalue weighted by atomic mass is 16.2. The van der Waals surface area contributed by atoms with Gasteiger partial charge >= 0.3 is 0 Å². The SMILES string of the molecule is CCn1c(C(=O)Nc2ccc(C)cn2)cc2ccccc21. The molecule has 0 saturated heterocycles. The number of carbonyl (C=O) groups excluding carboxylic acids is 1. The van der Waals surface area contributed by atoms with Gasteiger partial charge in [0.25, 0.3) is 5.91 Å². The van der Waals surface area contributed by atoms with Crippen molar-refractivity contribution in [1.29, 1.82) is 0 Å². The fraction of sp³-hybridized carbons (Fsp3) is 0.176. The highest BCUT2D eigenvalue weighted by Crippen LogP contribution is 2.20. The second-order valence-electron chi connectivity index (χ2n) is 5.01. The van der Waals surface area contributed by atoms with Crippen LogP contribution in [0.25, 0.3) is 10.9 Å². The minimum absolute atomic E-state index is 0.135. The molecule has 2 heterocycles. The van der Waals surface area contributed by atoms with E-state index in [1.807, 2.05) is 60.9 Å². The van der Waals surface area contributed by atoms with E-state index in [0.29, 0.717) is 11.5 Å². The third-order valence-electron chi connectivity index (χ3n) is 3.51. The molecule has 3 rings (SSSR count). The fourth-order valence-corrected chi connectivity index (χ4v) is 2.46. The summed E-state index contributed by atoms with van der Waals surface area (Å²) in [7, 11) is 0. The number of hydrogen-bond acceptors (Lipinski definition) is 2. The number of nitrogens with zero attached hydrogens (tertiary/aromatic N) is 2. The Morgan fingerprint density at radius 3 is 2.76 bits per heavy atom. The third kappa shape index (κ3) is 2.52. The minimum Gasteiger partial charge on any atom is -0.337 e. The van der Waals surface area contributed by atoms with Crippen molar-refractivity contribution < 1.29 is 4.79 Å². The van der Waals surface area contributed by atoms with Gasteiger partial charge in [0.15, 0.2) is 0 Å². The lowest BCUT2D eigenvalue weighted by atomic mass is 10.2. The lowest BCUT2D eigenvalue weighted by Gasteiger charge is -2.08. The standard InChI is InChI=1S/C17H17N3O/c1-3-20-14-7-5-4-6-13(14)10-15(20)17(21)19-16-9-8-12(2)11-18-16/h4-11H,3H2,1-2H3,(H,18,19,21). The van der Waals surface area contributed by atoms with Crippen LogP contribution < -0.4 is 5.32 Å². The molecule has 106 valence electrons. The normalized spacial score (nSPS) is 10.8. The Bertz CT molecular complexity index is 787. The Hall–Kier alpha value is -2.62. The van der Waals surface area contributed by atoms with Gasteiger partial charge in [-0.2, -0.15) is 0 Å². The largest absolute Gasteiger partial charge is 0.337 e. The van der Waals surface area contributed by atoms with Crippen LogP contribution in [0.4, 0.5) is 5.82 Å². The quantitative estimate of drug-likeness (QED) is 0.796. The maximum atomic E-state index is 12.5. The molecule has 4 nitrogen and oxygen atoms in total. The van der Waals surface area contributed by atoms with Crippen LogP contribution in [-0.2, 0) is 6.54 Å². The predicted molar refractivity (Wildman–Crippen MR) is 84.5 cm³/mol. The second kappa shape index (κ2) is 5.40. The topological polar surface area (TPSA) is 46.9 Å². The minimum atomic E-state index is -0.135. The number of amides is 1. The van der Waals surface area contributed by atoms with Gasteiger partial charge in [-0.05, 0) is 37.6 Å². The summed E-state index contributed by atoms with van der Waals surface area (Å²) in [6.07, 6.45) is 1.74. The zero-order chi connectivity index (χ0) is 14.8. The fourth-order valence-electron chi connectivity index (χ4n) is 2.46. The molecule has 0 bridgehead atoms. The van der Waals surface area contributed by atoms with Crippen molar-refractivity contribution in [2.75, 3.05) is 5.32 Å². The number of carbonyl (C=O) groups is 1.